The molecule has 5 heteroatoms. The first-order chi connectivity index (χ1) is 8.36. The summed E-state index contributed by atoms with van der Waals surface area (Å²) < 4.78 is 5.25. The van der Waals surface area contributed by atoms with Crippen LogP contribution in [0.2, 0.25) is 0 Å². The second-order valence-corrected chi connectivity index (χ2v) is 4.33. The van der Waals surface area contributed by atoms with Crippen LogP contribution in [0.5, 0.6) is 0 Å². The largest absolute Gasteiger partial charge is 0.394 e. The Morgan fingerprint density at radius 3 is 2.29 bits per heavy atom. The monoisotopic (exact) mass is 244 g/mol. The normalized spacial score (nSPS) is 18.4. The molecule has 1 aliphatic heterocycles. The molecular weight excluding hydrogens is 220 g/mol. The highest BCUT2D eigenvalue weighted by Gasteiger charge is 2.15. The Labute approximate surface area is 103 Å². The molecular formula is C12H24N2O3. The van der Waals surface area contributed by atoms with Crippen LogP contribution in [0, 0.1) is 0 Å². The van der Waals surface area contributed by atoms with Gasteiger partial charge in [-0.1, -0.05) is 0 Å². The average molecular weight is 244 g/mol. The van der Waals surface area contributed by atoms with E-state index >= 15 is 0 Å². The van der Waals surface area contributed by atoms with Crippen LogP contribution in [-0.4, -0.2) is 80.3 Å². The zero-order valence-electron chi connectivity index (χ0n) is 10.5. The van der Waals surface area contributed by atoms with Crippen LogP contribution in [0.1, 0.15) is 12.8 Å². The fraction of sp³-hybridized carbons (Fsp3) is 0.917. The van der Waals surface area contributed by atoms with Gasteiger partial charge in [-0.25, -0.2) is 0 Å². The lowest BCUT2D eigenvalue weighted by Crippen LogP contribution is -2.47. The smallest absolute Gasteiger partial charge is 0.120 e. The third kappa shape index (κ3) is 6.73. The SMILES string of the molecule is O=CCCCN1CCN(CCOCCO)CC1. The van der Waals surface area contributed by atoms with Gasteiger partial charge in [0.05, 0.1) is 19.8 Å². The molecule has 0 unspecified atom stereocenters. The van der Waals surface area contributed by atoms with E-state index in [1.54, 1.807) is 0 Å². The highest BCUT2D eigenvalue weighted by atomic mass is 16.5. The molecule has 1 fully saturated rings. The Balaban J connectivity index is 1.99. The van der Waals surface area contributed by atoms with Crippen LogP contribution in [0.15, 0.2) is 0 Å². The molecule has 0 radical (unpaired) electrons. The maximum absolute atomic E-state index is 10.2. The lowest BCUT2D eigenvalue weighted by Gasteiger charge is -2.34. The average Bonchev–Trinajstić information content (AvgIpc) is 2.37. The molecule has 17 heavy (non-hydrogen) atoms. The fourth-order valence-electron chi connectivity index (χ4n) is 1.99. The summed E-state index contributed by atoms with van der Waals surface area (Å²) in [5, 5.41) is 8.57. The zero-order valence-corrected chi connectivity index (χ0v) is 10.5. The van der Waals surface area contributed by atoms with Crippen LogP contribution in [0.3, 0.4) is 0 Å². The van der Waals surface area contributed by atoms with Crippen LogP contribution in [0.4, 0.5) is 0 Å². The first-order valence-electron chi connectivity index (χ1n) is 6.43. The zero-order chi connectivity index (χ0) is 12.3. The van der Waals surface area contributed by atoms with Crippen molar-refractivity contribution in [3.63, 3.8) is 0 Å². The van der Waals surface area contributed by atoms with E-state index in [0.29, 0.717) is 19.6 Å². The predicted octanol–water partition coefficient (Wildman–Crippen LogP) is -0.408. The summed E-state index contributed by atoms with van der Waals surface area (Å²) in [4.78, 5) is 15.0. The van der Waals surface area contributed by atoms with Gasteiger partial charge in [-0.05, 0) is 13.0 Å². The number of rotatable bonds is 9. The van der Waals surface area contributed by atoms with Crippen molar-refractivity contribution in [2.75, 3.05) is 59.1 Å². The number of carbonyl (C=O) groups excluding carboxylic acids is 1. The van der Waals surface area contributed by atoms with Crippen molar-refractivity contribution >= 4 is 6.29 Å². The summed E-state index contributed by atoms with van der Waals surface area (Å²) >= 11 is 0. The molecule has 1 N–H and O–H groups in total. The summed E-state index contributed by atoms with van der Waals surface area (Å²) in [5.41, 5.74) is 0. The maximum atomic E-state index is 10.2. The van der Waals surface area contributed by atoms with E-state index < -0.39 is 0 Å². The number of hydrogen-bond donors (Lipinski definition) is 1. The van der Waals surface area contributed by atoms with E-state index in [1.165, 1.54) is 0 Å². The Hall–Kier alpha value is -0.490. The minimum atomic E-state index is 0.102. The number of aliphatic hydroxyl groups excluding tert-OH is 1. The van der Waals surface area contributed by atoms with Gasteiger partial charge in [-0.15, -0.1) is 0 Å². The second kappa shape index (κ2) is 9.53. The molecule has 0 amide bonds. The molecule has 0 saturated carbocycles. The number of aliphatic hydroxyl groups is 1. The first-order valence-corrected chi connectivity index (χ1v) is 6.43. The highest BCUT2D eigenvalue weighted by Crippen LogP contribution is 2.02. The van der Waals surface area contributed by atoms with Gasteiger partial charge in [-0.2, -0.15) is 0 Å². The molecule has 0 aromatic rings. The van der Waals surface area contributed by atoms with Gasteiger partial charge in [0.2, 0.25) is 0 Å². The third-order valence-electron chi connectivity index (χ3n) is 3.05. The van der Waals surface area contributed by atoms with Crippen molar-refractivity contribution in [3.8, 4) is 0 Å². The molecule has 0 spiro atoms. The summed E-state index contributed by atoms with van der Waals surface area (Å²) in [5.74, 6) is 0. The number of unbranched alkanes of at least 4 members (excludes halogenated alkanes) is 1. The quantitative estimate of drug-likeness (QED) is 0.441. The molecule has 0 aromatic carbocycles. The van der Waals surface area contributed by atoms with E-state index in [-0.39, 0.29) is 6.61 Å². The first kappa shape index (κ1) is 14.6. The standard InChI is InChI=1S/C12H24N2O3/c15-9-2-1-3-13-4-6-14(7-5-13)8-11-17-12-10-16/h9,16H,1-8,10-12H2. The van der Waals surface area contributed by atoms with Gasteiger partial charge >= 0.3 is 0 Å². The molecule has 1 rings (SSSR count). The van der Waals surface area contributed by atoms with Gasteiger partial charge in [0, 0.05) is 39.1 Å². The molecule has 0 aromatic heterocycles. The van der Waals surface area contributed by atoms with Gasteiger partial charge in [-0.3, -0.25) is 4.90 Å². The van der Waals surface area contributed by atoms with Crippen LogP contribution >= 0.6 is 0 Å². The van der Waals surface area contributed by atoms with Crippen molar-refractivity contribution in [2.24, 2.45) is 0 Å². The maximum Gasteiger partial charge on any atom is 0.120 e. The number of nitrogens with zero attached hydrogens (tertiary/aromatic N) is 2. The van der Waals surface area contributed by atoms with Crippen molar-refractivity contribution in [2.45, 2.75) is 12.8 Å². The molecule has 1 saturated heterocycles. The Morgan fingerprint density at radius 2 is 1.71 bits per heavy atom. The van der Waals surface area contributed by atoms with Crippen molar-refractivity contribution in [1.29, 1.82) is 0 Å². The number of ether oxygens (including phenoxy) is 1. The lowest BCUT2D eigenvalue weighted by molar-refractivity contribution is -0.108. The number of hydrogen-bond acceptors (Lipinski definition) is 5. The highest BCUT2D eigenvalue weighted by molar-refractivity contribution is 5.48. The molecule has 1 heterocycles. The van der Waals surface area contributed by atoms with Crippen LogP contribution < -0.4 is 0 Å². The van der Waals surface area contributed by atoms with Crippen LogP contribution in [-0.2, 0) is 9.53 Å². The van der Waals surface area contributed by atoms with Crippen molar-refractivity contribution in [3.05, 3.63) is 0 Å². The molecule has 1 aliphatic rings. The number of carbonyl (C=O) groups is 1. The molecule has 5 nitrogen and oxygen atoms in total. The van der Waals surface area contributed by atoms with E-state index in [9.17, 15) is 4.79 Å². The molecule has 100 valence electrons. The van der Waals surface area contributed by atoms with Gasteiger partial charge in [0.25, 0.3) is 0 Å². The molecule has 0 atom stereocenters. The predicted molar refractivity (Wildman–Crippen MR) is 66.1 cm³/mol. The summed E-state index contributed by atoms with van der Waals surface area (Å²) in [7, 11) is 0. The van der Waals surface area contributed by atoms with Gasteiger partial charge < -0.3 is 19.5 Å². The van der Waals surface area contributed by atoms with Gasteiger partial charge in [0.15, 0.2) is 0 Å². The molecule has 0 aliphatic carbocycles. The summed E-state index contributed by atoms with van der Waals surface area (Å²) in [6.07, 6.45) is 2.65. The number of piperazine rings is 1. The topological polar surface area (TPSA) is 53.0 Å². The third-order valence-corrected chi connectivity index (χ3v) is 3.05. The fourth-order valence-corrected chi connectivity index (χ4v) is 1.99. The Morgan fingerprint density at radius 1 is 1.06 bits per heavy atom. The van der Waals surface area contributed by atoms with Crippen molar-refractivity contribution in [1.82, 2.24) is 9.80 Å². The van der Waals surface area contributed by atoms with E-state index in [4.69, 9.17) is 9.84 Å². The summed E-state index contributed by atoms with van der Waals surface area (Å²) in [6.45, 7) is 7.53. The molecule has 0 bridgehead atoms. The second-order valence-electron chi connectivity index (χ2n) is 4.33. The van der Waals surface area contributed by atoms with Gasteiger partial charge in [0.1, 0.15) is 6.29 Å². The van der Waals surface area contributed by atoms with E-state index in [1.807, 2.05) is 0 Å². The Kier molecular flexibility index (Phi) is 8.17. The van der Waals surface area contributed by atoms with E-state index in [0.717, 1.165) is 52.0 Å². The number of aldehydes is 1. The lowest BCUT2D eigenvalue weighted by atomic mass is 10.2. The van der Waals surface area contributed by atoms with Crippen LogP contribution in [0.25, 0.3) is 0 Å². The Bertz CT molecular complexity index is 194. The van der Waals surface area contributed by atoms with E-state index in [2.05, 4.69) is 9.80 Å². The van der Waals surface area contributed by atoms with Crippen molar-refractivity contribution < 1.29 is 14.6 Å². The minimum absolute atomic E-state index is 0.102. The minimum Gasteiger partial charge on any atom is -0.394 e. The summed E-state index contributed by atoms with van der Waals surface area (Å²) in [6, 6.07) is 0.